The van der Waals surface area contributed by atoms with Gasteiger partial charge in [0, 0.05) is 30.1 Å². The van der Waals surface area contributed by atoms with E-state index in [-0.39, 0.29) is 19.4 Å². The van der Waals surface area contributed by atoms with Gasteiger partial charge in [0.2, 0.25) is 17.7 Å². The molecule has 1 fully saturated rings. The molecule has 5 unspecified atom stereocenters. The SMILES string of the molecule is CC(O)C(NC(=O)C1CCCN1C(=O)C(Cc1c[nH]c2ccccc12)NC(=O)C(N)Cc1ccccc1)C(=O)O. The molecule has 4 rings (SSSR count). The molecular formula is C29H35N5O6. The van der Waals surface area contributed by atoms with Crippen LogP contribution >= 0.6 is 0 Å². The molecule has 5 atom stereocenters. The summed E-state index contributed by atoms with van der Waals surface area (Å²) in [6, 6.07) is 12.5. The van der Waals surface area contributed by atoms with Crippen LogP contribution in [0.25, 0.3) is 10.9 Å². The van der Waals surface area contributed by atoms with Crippen molar-refractivity contribution in [2.45, 2.75) is 62.9 Å². The van der Waals surface area contributed by atoms with Gasteiger partial charge in [-0.15, -0.1) is 0 Å². The molecule has 11 nitrogen and oxygen atoms in total. The summed E-state index contributed by atoms with van der Waals surface area (Å²) >= 11 is 0. The molecule has 11 heteroatoms. The molecule has 2 heterocycles. The summed E-state index contributed by atoms with van der Waals surface area (Å²) in [4.78, 5) is 56.2. The maximum Gasteiger partial charge on any atom is 0.328 e. The van der Waals surface area contributed by atoms with Gasteiger partial charge in [-0.1, -0.05) is 48.5 Å². The first-order valence-corrected chi connectivity index (χ1v) is 13.3. The lowest BCUT2D eigenvalue weighted by atomic mass is 10.0. The van der Waals surface area contributed by atoms with Crippen molar-refractivity contribution in [3.05, 3.63) is 71.9 Å². The fourth-order valence-electron chi connectivity index (χ4n) is 5.10. The number of hydrogen-bond donors (Lipinski definition) is 6. The number of fused-ring (bicyclic) bond motifs is 1. The van der Waals surface area contributed by atoms with Crippen LogP contribution in [0.5, 0.6) is 0 Å². The van der Waals surface area contributed by atoms with Crippen LogP contribution < -0.4 is 16.4 Å². The van der Waals surface area contributed by atoms with E-state index in [9.17, 15) is 29.4 Å². The summed E-state index contributed by atoms with van der Waals surface area (Å²) in [7, 11) is 0. The molecule has 3 aromatic rings. The summed E-state index contributed by atoms with van der Waals surface area (Å²) in [5.41, 5.74) is 8.79. The Morgan fingerprint density at radius 3 is 2.45 bits per heavy atom. The van der Waals surface area contributed by atoms with Crippen LogP contribution in [-0.4, -0.2) is 80.6 Å². The predicted molar refractivity (Wildman–Crippen MR) is 148 cm³/mol. The largest absolute Gasteiger partial charge is 0.480 e. The van der Waals surface area contributed by atoms with Gasteiger partial charge in [-0.3, -0.25) is 14.4 Å². The molecule has 1 aliphatic heterocycles. The molecule has 40 heavy (non-hydrogen) atoms. The molecule has 1 saturated heterocycles. The highest BCUT2D eigenvalue weighted by atomic mass is 16.4. The fraction of sp³-hybridized carbons (Fsp3) is 0.379. The Labute approximate surface area is 231 Å². The molecule has 1 aliphatic rings. The normalized spacial score (nSPS) is 18.1. The third-order valence-corrected chi connectivity index (χ3v) is 7.23. The van der Waals surface area contributed by atoms with Gasteiger partial charge in [-0.05, 0) is 43.4 Å². The molecule has 0 spiro atoms. The topological polar surface area (TPSA) is 178 Å². The Morgan fingerprint density at radius 1 is 1.05 bits per heavy atom. The number of likely N-dealkylation sites (tertiary alicyclic amines) is 1. The second-order valence-corrected chi connectivity index (χ2v) is 10.2. The number of carbonyl (C=O) groups is 4. The number of aromatic nitrogens is 1. The molecule has 0 bridgehead atoms. The van der Waals surface area contributed by atoms with Crippen molar-refractivity contribution in [2.24, 2.45) is 5.73 Å². The first kappa shape index (κ1) is 28.8. The number of hydrogen-bond acceptors (Lipinski definition) is 6. The van der Waals surface area contributed by atoms with Crippen LogP contribution in [0.2, 0.25) is 0 Å². The van der Waals surface area contributed by atoms with E-state index in [2.05, 4.69) is 15.6 Å². The maximum atomic E-state index is 13.9. The van der Waals surface area contributed by atoms with Crippen molar-refractivity contribution in [2.75, 3.05) is 6.54 Å². The van der Waals surface area contributed by atoms with E-state index in [1.165, 1.54) is 11.8 Å². The van der Waals surface area contributed by atoms with E-state index in [4.69, 9.17) is 5.73 Å². The fourth-order valence-corrected chi connectivity index (χ4v) is 5.10. The molecular weight excluding hydrogens is 514 g/mol. The maximum absolute atomic E-state index is 13.9. The van der Waals surface area contributed by atoms with Gasteiger partial charge in [0.15, 0.2) is 6.04 Å². The average Bonchev–Trinajstić information content (AvgIpc) is 3.59. The van der Waals surface area contributed by atoms with Crippen molar-refractivity contribution in [3.63, 3.8) is 0 Å². The number of amides is 3. The predicted octanol–water partition coefficient (Wildman–Crippen LogP) is 0.706. The van der Waals surface area contributed by atoms with E-state index < -0.39 is 54.0 Å². The number of aliphatic carboxylic acids is 1. The minimum absolute atomic E-state index is 0.156. The Balaban J connectivity index is 1.55. The van der Waals surface area contributed by atoms with Crippen LogP contribution in [-0.2, 0) is 32.0 Å². The van der Waals surface area contributed by atoms with Crippen LogP contribution in [0.4, 0.5) is 0 Å². The summed E-state index contributed by atoms with van der Waals surface area (Å²) in [6.07, 6.45) is 1.75. The zero-order chi connectivity index (χ0) is 28.8. The van der Waals surface area contributed by atoms with Gasteiger partial charge in [0.25, 0.3) is 0 Å². The molecule has 0 saturated carbocycles. The monoisotopic (exact) mass is 549 g/mol. The minimum atomic E-state index is -1.51. The van der Waals surface area contributed by atoms with Gasteiger partial charge >= 0.3 is 5.97 Å². The number of aromatic amines is 1. The highest BCUT2D eigenvalue weighted by Crippen LogP contribution is 2.23. The zero-order valence-electron chi connectivity index (χ0n) is 22.2. The van der Waals surface area contributed by atoms with Crippen molar-refractivity contribution < 1.29 is 29.4 Å². The molecule has 212 valence electrons. The van der Waals surface area contributed by atoms with Gasteiger partial charge in [-0.25, -0.2) is 4.79 Å². The second-order valence-electron chi connectivity index (χ2n) is 10.2. The summed E-state index contributed by atoms with van der Waals surface area (Å²) in [5, 5.41) is 25.2. The summed E-state index contributed by atoms with van der Waals surface area (Å²) in [5.74, 6) is -3.01. The van der Waals surface area contributed by atoms with Crippen molar-refractivity contribution in [3.8, 4) is 0 Å². The van der Waals surface area contributed by atoms with E-state index in [1.807, 2.05) is 54.6 Å². The quantitative estimate of drug-likeness (QED) is 0.204. The van der Waals surface area contributed by atoms with Crippen LogP contribution in [0.1, 0.15) is 30.9 Å². The number of aliphatic hydroxyl groups excluding tert-OH is 1. The van der Waals surface area contributed by atoms with E-state index in [0.29, 0.717) is 12.8 Å². The minimum Gasteiger partial charge on any atom is -0.480 e. The molecule has 2 aromatic carbocycles. The first-order valence-electron chi connectivity index (χ1n) is 13.3. The highest BCUT2D eigenvalue weighted by Gasteiger charge is 2.40. The Morgan fingerprint density at radius 2 is 1.75 bits per heavy atom. The van der Waals surface area contributed by atoms with E-state index in [0.717, 1.165) is 22.0 Å². The number of aliphatic hydroxyl groups is 1. The number of rotatable bonds is 11. The van der Waals surface area contributed by atoms with Gasteiger partial charge in [0.1, 0.15) is 12.1 Å². The van der Waals surface area contributed by atoms with E-state index in [1.54, 1.807) is 6.20 Å². The average molecular weight is 550 g/mol. The summed E-state index contributed by atoms with van der Waals surface area (Å²) in [6.45, 7) is 1.53. The number of nitrogens with zero attached hydrogens (tertiary/aromatic N) is 1. The number of nitrogens with one attached hydrogen (secondary N) is 3. The smallest absolute Gasteiger partial charge is 0.328 e. The summed E-state index contributed by atoms with van der Waals surface area (Å²) < 4.78 is 0. The van der Waals surface area contributed by atoms with Crippen LogP contribution in [0, 0.1) is 0 Å². The third-order valence-electron chi connectivity index (χ3n) is 7.23. The van der Waals surface area contributed by atoms with Gasteiger partial charge in [-0.2, -0.15) is 0 Å². The van der Waals surface area contributed by atoms with Crippen molar-refractivity contribution >= 4 is 34.6 Å². The van der Waals surface area contributed by atoms with Crippen LogP contribution in [0.3, 0.4) is 0 Å². The molecule has 3 amide bonds. The number of H-pyrrole nitrogens is 1. The lowest BCUT2D eigenvalue weighted by Crippen LogP contribution is -2.58. The molecule has 7 N–H and O–H groups in total. The Bertz CT molecular complexity index is 1360. The van der Waals surface area contributed by atoms with Gasteiger partial charge < -0.3 is 36.5 Å². The molecule has 0 radical (unpaired) electrons. The number of para-hydroxylation sites is 1. The highest BCUT2D eigenvalue weighted by molar-refractivity contribution is 5.95. The van der Waals surface area contributed by atoms with Gasteiger partial charge in [0.05, 0.1) is 12.1 Å². The van der Waals surface area contributed by atoms with Crippen LogP contribution in [0.15, 0.2) is 60.8 Å². The van der Waals surface area contributed by atoms with Crippen molar-refractivity contribution in [1.29, 1.82) is 0 Å². The number of carboxylic acid groups (broad SMARTS) is 1. The Hall–Kier alpha value is -4.22. The van der Waals surface area contributed by atoms with Crippen molar-refractivity contribution in [1.82, 2.24) is 20.5 Å². The second kappa shape index (κ2) is 12.8. The lowest BCUT2D eigenvalue weighted by Gasteiger charge is -2.30. The lowest BCUT2D eigenvalue weighted by molar-refractivity contribution is -0.147. The Kier molecular flexibility index (Phi) is 9.18. The number of benzene rings is 2. The van der Waals surface area contributed by atoms with E-state index >= 15 is 0 Å². The first-order chi connectivity index (χ1) is 19.2. The standard InChI is InChI=1S/C29H35N5O6/c1-17(35)25(29(39)40)33-27(37)24-12-7-13-34(24)28(38)23(15-19-16-31-22-11-6-5-10-20(19)22)32-26(36)21(30)14-18-8-3-2-4-9-18/h2-6,8-11,16-17,21,23-25,31,35H,7,12-15,30H2,1H3,(H,32,36)(H,33,37)(H,39,40). The number of carboxylic acids is 1. The number of nitrogens with two attached hydrogens (primary N) is 1. The third kappa shape index (κ3) is 6.67. The molecule has 0 aliphatic carbocycles. The zero-order valence-corrected chi connectivity index (χ0v) is 22.2. The molecule has 1 aromatic heterocycles. The number of carbonyl (C=O) groups excluding carboxylic acids is 3.